The molecule has 0 saturated heterocycles. The normalized spacial score (nSPS) is 10.4. The van der Waals surface area contributed by atoms with Crippen LogP contribution in [-0.4, -0.2) is 27.9 Å². The van der Waals surface area contributed by atoms with Crippen molar-refractivity contribution in [3.8, 4) is 5.69 Å². The summed E-state index contributed by atoms with van der Waals surface area (Å²) in [5.74, 6) is -0.723. The second-order valence-electron chi connectivity index (χ2n) is 5.63. The number of para-hydroxylation sites is 1. The van der Waals surface area contributed by atoms with E-state index in [9.17, 15) is 9.59 Å². The molecule has 6 nitrogen and oxygen atoms in total. The highest BCUT2D eigenvalue weighted by atomic mass is 35.5. The van der Waals surface area contributed by atoms with Gasteiger partial charge in [0.25, 0.3) is 5.91 Å². The predicted octanol–water partition coefficient (Wildman–Crippen LogP) is 3.20. The Morgan fingerprint density at radius 1 is 1.12 bits per heavy atom. The number of carbonyl (C=O) groups is 2. The highest BCUT2D eigenvalue weighted by Gasteiger charge is 2.14. The summed E-state index contributed by atoms with van der Waals surface area (Å²) in [4.78, 5) is 28.5. The third-order valence-corrected chi connectivity index (χ3v) is 4.27. The second-order valence-corrected chi connectivity index (χ2v) is 6.03. The zero-order chi connectivity index (χ0) is 18.5. The monoisotopic (exact) mass is 368 g/mol. The summed E-state index contributed by atoms with van der Waals surface area (Å²) in [6.07, 6.45) is 3.01. The molecule has 0 saturated carbocycles. The van der Waals surface area contributed by atoms with Crippen LogP contribution in [0.2, 0.25) is 5.02 Å². The van der Waals surface area contributed by atoms with Gasteiger partial charge in [0.15, 0.2) is 0 Å². The van der Waals surface area contributed by atoms with Gasteiger partial charge in [-0.3, -0.25) is 14.2 Å². The van der Waals surface area contributed by atoms with Gasteiger partial charge in [-0.1, -0.05) is 35.9 Å². The van der Waals surface area contributed by atoms with Crippen LogP contribution in [-0.2, 0) is 4.79 Å². The lowest BCUT2D eigenvalue weighted by Crippen LogP contribution is -2.33. The molecule has 1 aromatic heterocycles. The Balaban J connectivity index is 1.64. The standard InChI is InChI=1S/C19H17ClN4O2/c1-13-15(20)8-5-9-16(13)23-18(25)11-22-19(26)17-10-21-12-24(17)14-6-3-2-4-7-14/h2-10,12H,11H2,1H3,(H,22,26)(H,23,25). The average Bonchev–Trinajstić information content (AvgIpc) is 3.14. The molecule has 0 fully saturated rings. The molecule has 2 N–H and O–H groups in total. The van der Waals surface area contributed by atoms with Crippen LogP contribution in [0, 0.1) is 6.92 Å². The number of rotatable bonds is 5. The summed E-state index contributed by atoms with van der Waals surface area (Å²) >= 11 is 6.04. The first-order valence-corrected chi connectivity index (χ1v) is 8.35. The van der Waals surface area contributed by atoms with Crippen molar-refractivity contribution < 1.29 is 9.59 Å². The fourth-order valence-electron chi connectivity index (χ4n) is 2.45. The largest absolute Gasteiger partial charge is 0.342 e. The summed E-state index contributed by atoms with van der Waals surface area (Å²) in [7, 11) is 0. The Morgan fingerprint density at radius 3 is 2.65 bits per heavy atom. The number of nitrogens with zero attached hydrogens (tertiary/aromatic N) is 2. The van der Waals surface area contributed by atoms with Crippen molar-refractivity contribution in [2.24, 2.45) is 0 Å². The molecule has 0 atom stereocenters. The molecule has 7 heteroatoms. The van der Waals surface area contributed by atoms with Crippen molar-refractivity contribution in [3.63, 3.8) is 0 Å². The van der Waals surface area contributed by atoms with Gasteiger partial charge < -0.3 is 10.6 Å². The summed E-state index contributed by atoms with van der Waals surface area (Å²) in [5.41, 5.74) is 2.55. The van der Waals surface area contributed by atoms with Crippen LogP contribution in [0.3, 0.4) is 0 Å². The van der Waals surface area contributed by atoms with Gasteiger partial charge in [0, 0.05) is 16.4 Å². The minimum Gasteiger partial charge on any atom is -0.342 e. The number of carbonyl (C=O) groups excluding carboxylic acids is 2. The molecule has 2 amide bonds. The van der Waals surface area contributed by atoms with Crippen LogP contribution < -0.4 is 10.6 Å². The fourth-order valence-corrected chi connectivity index (χ4v) is 2.62. The van der Waals surface area contributed by atoms with E-state index in [-0.39, 0.29) is 18.4 Å². The molecule has 0 aliphatic rings. The van der Waals surface area contributed by atoms with E-state index in [1.807, 2.05) is 37.3 Å². The SMILES string of the molecule is Cc1c(Cl)cccc1NC(=O)CNC(=O)c1cncn1-c1ccccc1. The number of hydrogen-bond donors (Lipinski definition) is 2. The minimum absolute atomic E-state index is 0.162. The van der Waals surface area contributed by atoms with Crippen LogP contribution in [0.4, 0.5) is 5.69 Å². The van der Waals surface area contributed by atoms with Gasteiger partial charge in [0.05, 0.1) is 19.1 Å². The van der Waals surface area contributed by atoms with E-state index in [1.54, 1.807) is 29.1 Å². The smallest absolute Gasteiger partial charge is 0.270 e. The molecule has 0 radical (unpaired) electrons. The van der Waals surface area contributed by atoms with Crippen LogP contribution in [0.15, 0.2) is 61.1 Å². The highest BCUT2D eigenvalue weighted by Crippen LogP contribution is 2.22. The molecule has 0 aliphatic heterocycles. The van der Waals surface area contributed by atoms with E-state index in [0.717, 1.165) is 11.3 Å². The third-order valence-electron chi connectivity index (χ3n) is 3.86. The van der Waals surface area contributed by atoms with E-state index in [2.05, 4.69) is 15.6 Å². The van der Waals surface area contributed by atoms with Gasteiger partial charge in [0.1, 0.15) is 5.69 Å². The molecule has 3 aromatic rings. The Kier molecular flexibility index (Phi) is 5.34. The Morgan fingerprint density at radius 2 is 1.88 bits per heavy atom. The molecular weight excluding hydrogens is 352 g/mol. The van der Waals surface area contributed by atoms with Gasteiger partial charge in [-0.05, 0) is 36.8 Å². The van der Waals surface area contributed by atoms with Gasteiger partial charge in [-0.15, -0.1) is 0 Å². The van der Waals surface area contributed by atoms with Crippen molar-refractivity contribution in [3.05, 3.63) is 77.3 Å². The third kappa shape index (κ3) is 3.92. The Bertz CT molecular complexity index is 938. The van der Waals surface area contributed by atoms with Crippen molar-refractivity contribution >= 4 is 29.1 Å². The van der Waals surface area contributed by atoms with Crippen molar-refractivity contribution in [2.45, 2.75) is 6.92 Å². The topological polar surface area (TPSA) is 76.0 Å². The average molecular weight is 369 g/mol. The Labute approximate surface area is 155 Å². The maximum Gasteiger partial charge on any atom is 0.270 e. The van der Waals surface area contributed by atoms with E-state index < -0.39 is 0 Å². The first-order chi connectivity index (χ1) is 12.6. The number of imidazole rings is 1. The minimum atomic E-state index is -0.385. The lowest BCUT2D eigenvalue weighted by molar-refractivity contribution is -0.115. The molecule has 26 heavy (non-hydrogen) atoms. The molecule has 3 rings (SSSR count). The maximum atomic E-state index is 12.4. The van der Waals surface area contributed by atoms with Crippen molar-refractivity contribution in [1.29, 1.82) is 0 Å². The quantitative estimate of drug-likeness (QED) is 0.726. The molecule has 2 aromatic carbocycles. The predicted molar refractivity (Wildman–Crippen MR) is 101 cm³/mol. The lowest BCUT2D eigenvalue weighted by atomic mass is 10.2. The number of aromatic nitrogens is 2. The van der Waals surface area contributed by atoms with Crippen LogP contribution >= 0.6 is 11.6 Å². The maximum absolute atomic E-state index is 12.4. The number of benzene rings is 2. The Hall–Kier alpha value is -3.12. The molecule has 0 bridgehead atoms. The van der Waals surface area contributed by atoms with Crippen LogP contribution in [0.1, 0.15) is 16.1 Å². The summed E-state index contributed by atoms with van der Waals surface area (Å²) in [5, 5.41) is 5.91. The number of hydrogen-bond acceptors (Lipinski definition) is 3. The lowest BCUT2D eigenvalue weighted by Gasteiger charge is -2.11. The summed E-state index contributed by atoms with van der Waals surface area (Å²) < 4.78 is 1.66. The first-order valence-electron chi connectivity index (χ1n) is 7.97. The van der Waals surface area contributed by atoms with Crippen molar-refractivity contribution in [1.82, 2.24) is 14.9 Å². The molecular formula is C19H17ClN4O2. The van der Waals surface area contributed by atoms with Crippen LogP contribution in [0.5, 0.6) is 0 Å². The molecule has 132 valence electrons. The van der Waals surface area contributed by atoms with Gasteiger partial charge in [-0.2, -0.15) is 0 Å². The van der Waals surface area contributed by atoms with E-state index in [0.29, 0.717) is 16.4 Å². The van der Waals surface area contributed by atoms with Gasteiger partial charge in [-0.25, -0.2) is 4.98 Å². The number of halogens is 1. The first kappa shape index (κ1) is 17.7. The fraction of sp³-hybridized carbons (Fsp3) is 0.105. The number of amides is 2. The van der Waals surface area contributed by atoms with Crippen LogP contribution in [0.25, 0.3) is 5.69 Å². The zero-order valence-electron chi connectivity index (χ0n) is 14.1. The molecule has 0 aliphatic carbocycles. The van der Waals surface area contributed by atoms with E-state index in [1.165, 1.54) is 6.20 Å². The van der Waals surface area contributed by atoms with Gasteiger partial charge >= 0.3 is 0 Å². The number of anilines is 1. The summed E-state index contributed by atoms with van der Waals surface area (Å²) in [6.45, 7) is 1.65. The molecule has 1 heterocycles. The molecule has 0 spiro atoms. The van der Waals surface area contributed by atoms with E-state index in [4.69, 9.17) is 11.6 Å². The van der Waals surface area contributed by atoms with E-state index >= 15 is 0 Å². The highest BCUT2D eigenvalue weighted by molar-refractivity contribution is 6.31. The zero-order valence-corrected chi connectivity index (χ0v) is 14.8. The van der Waals surface area contributed by atoms with Gasteiger partial charge in [0.2, 0.25) is 5.91 Å². The molecule has 0 unspecified atom stereocenters. The van der Waals surface area contributed by atoms with Crippen molar-refractivity contribution in [2.75, 3.05) is 11.9 Å². The summed E-state index contributed by atoms with van der Waals surface area (Å²) in [6, 6.07) is 14.6. The number of nitrogens with one attached hydrogen (secondary N) is 2. The second kappa shape index (κ2) is 7.84.